The third-order valence-electron chi connectivity index (χ3n) is 3.85. The molecule has 1 heterocycles. The van der Waals surface area contributed by atoms with Crippen molar-refractivity contribution >= 4 is 5.82 Å². The van der Waals surface area contributed by atoms with Gasteiger partial charge in [0.15, 0.2) is 0 Å². The molecule has 1 aliphatic rings. The summed E-state index contributed by atoms with van der Waals surface area (Å²) in [5, 5.41) is 3.22. The lowest BCUT2D eigenvalue weighted by Crippen LogP contribution is -2.28. The van der Waals surface area contributed by atoms with Crippen LogP contribution in [0.4, 0.5) is 5.82 Å². The van der Waals surface area contributed by atoms with Crippen molar-refractivity contribution in [1.82, 2.24) is 10.3 Å². The van der Waals surface area contributed by atoms with Crippen LogP contribution < -0.4 is 10.2 Å². The molecule has 1 fully saturated rings. The fourth-order valence-electron chi connectivity index (χ4n) is 2.95. The first-order valence-corrected chi connectivity index (χ1v) is 7.11. The minimum absolute atomic E-state index is 0.855. The highest BCUT2D eigenvalue weighted by Crippen LogP contribution is 2.26. The largest absolute Gasteiger partial charge is 0.359 e. The number of pyridine rings is 1. The van der Waals surface area contributed by atoms with Crippen LogP contribution in [0.15, 0.2) is 18.3 Å². The first kappa shape index (κ1) is 13.3. The summed E-state index contributed by atoms with van der Waals surface area (Å²) in [6.45, 7) is 2.03. The van der Waals surface area contributed by atoms with E-state index in [4.69, 9.17) is 0 Å². The van der Waals surface area contributed by atoms with Gasteiger partial charge < -0.3 is 10.2 Å². The molecule has 2 rings (SSSR count). The van der Waals surface area contributed by atoms with Gasteiger partial charge in [0.25, 0.3) is 0 Å². The van der Waals surface area contributed by atoms with Gasteiger partial charge in [0.1, 0.15) is 5.82 Å². The van der Waals surface area contributed by atoms with E-state index in [0.29, 0.717) is 0 Å². The quantitative estimate of drug-likeness (QED) is 0.867. The normalized spacial score (nSPS) is 16.8. The molecule has 0 bridgehead atoms. The third kappa shape index (κ3) is 3.45. The van der Waals surface area contributed by atoms with E-state index in [2.05, 4.69) is 28.3 Å². The van der Waals surface area contributed by atoms with Gasteiger partial charge in [0, 0.05) is 31.9 Å². The van der Waals surface area contributed by atoms with Crippen molar-refractivity contribution in [2.45, 2.75) is 38.6 Å². The molecule has 1 aromatic rings. The van der Waals surface area contributed by atoms with Crippen LogP contribution in [-0.4, -0.2) is 25.6 Å². The molecule has 0 saturated heterocycles. The van der Waals surface area contributed by atoms with Crippen LogP contribution in [0.25, 0.3) is 0 Å². The molecule has 1 aromatic heterocycles. The topological polar surface area (TPSA) is 28.2 Å². The molecule has 3 heteroatoms. The fourth-order valence-corrected chi connectivity index (χ4v) is 2.95. The van der Waals surface area contributed by atoms with Gasteiger partial charge in [0.05, 0.1) is 0 Å². The summed E-state index contributed by atoms with van der Waals surface area (Å²) < 4.78 is 0. The van der Waals surface area contributed by atoms with E-state index >= 15 is 0 Å². The first-order valence-electron chi connectivity index (χ1n) is 7.11. The molecule has 1 aliphatic carbocycles. The van der Waals surface area contributed by atoms with Crippen molar-refractivity contribution in [2.24, 2.45) is 5.92 Å². The summed E-state index contributed by atoms with van der Waals surface area (Å²) in [5.74, 6) is 1.99. The summed E-state index contributed by atoms with van der Waals surface area (Å²) in [5.41, 5.74) is 1.29. The van der Waals surface area contributed by atoms with Crippen molar-refractivity contribution in [2.75, 3.05) is 25.5 Å². The fraction of sp³-hybridized carbons (Fsp3) is 0.667. The van der Waals surface area contributed by atoms with Crippen LogP contribution in [-0.2, 0) is 6.54 Å². The van der Waals surface area contributed by atoms with E-state index in [1.54, 1.807) is 0 Å². The second kappa shape index (κ2) is 6.74. The Labute approximate surface area is 111 Å². The van der Waals surface area contributed by atoms with Crippen LogP contribution >= 0.6 is 0 Å². The van der Waals surface area contributed by atoms with Gasteiger partial charge in [0.2, 0.25) is 0 Å². The number of hydrogen-bond acceptors (Lipinski definition) is 3. The first-order chi connectivity index (χ1) is 8.81. The molecule has 0 radical (unpaired) electrons. The maximum absolute atomic E-state index is 4.55. The van der Waals surface area contributed by atoms with E-state index in [0.717, 1.165) is 24.8 Å². The van der Waals surface area contributed by atoms with Gasteiger partial charge in [-0.15, -0.1) is 0 Å². The Hall–Kier alpha value is -1.09. The molecular weight excluding hydrogens is 222 g/mol. The Balaban J connectivity index is 2.00. The minimum Gasteiger partial charge on any atom is -0.359 e. The van der Waals surface area contributed by atoms with E-state index in [1.165, 1.54) is 37.7 Å². The number of aromatic nitrogens is 1. The summed E-state index contributed by atoms with van der Waals surface area (Å²) in [7, 11) is 4.16. The standard InChI is InChI=1S/C15H25N3/c1-16-11-14-9-6-10-17-15(14)18(2)12-13-7-4-3-5-8-13/h6,9-10,13,16H,3-5,7-8,11-12H2,1-2H3. The monoisotopic (exact) mass is 247 g/mol. The van der Waals surface area contributed by atoms with Crippen molar-refractivity contribution < 1.29 is 0 Å². The van der Waals surface area contributed by atoms with Gasteiger partial charge in [-0.25, -0.2) is 4.98 Å². The Morgan fingerprint density at radius 2 is 2.11 bits per heavy atom. The van der Waals surface area contributed by atoms with E-state index in [-0.39, 0.29) is 0 Å². The zero-order valence-corrected chi connectivity index (χ0v) is 11.7. The second-order valence-corrected chi connectivity index (χ2v) is 5.40. The molecule has 18 heavy (non-hydrogen) atoms. The molecule has 1 saturated carbocycles. The maximum Gasteiger partial charge on any atom is 0.132 e. The number of nitrogens with one attached hydrogen (secondary N) is 1. The molecule has 0 aromatic carbocycles. The Morgan fingerprint density at radius 1 is 1.33 bits per heavy atom. The van der Waals surface area contributed by atoms with E-state index in [9.17, 15) is 0 Å². The highest BCUT2D eigenvalue weighted by atomic mass is 15.2. The molecule has 0 atom stereocenters. The SMILES string of the molecule is CNCc1cccnc1N(C)CC1CCCCC1. The number of rotatable bonds is 5. The summed E-state index contributed by atoms with van der Waals surface area (Å²) in [6.07, 6.45) is 8.91. The maximum atomic E-state index is 4.55. The van der Waals surface area contributed by atoms with E-state index < -0.39 is 0 Å². The van der Waals surface area contributed by atoms with Gasteiger partial charge >= 0.3 is 0 Å². The molecular formula is C15H25N3. The van der Waals surface area contributed by atoms with Crippen molar-refractivity contribution in [3.05, 3.63) is 23.9 Å². The zero-order valence-electron chi connectivity index (χ0n) is 11.7. The molecule has 0 unspecified atom stereocenters. The van der Waals surface area contributed by atoms with Gasteiger partial charge in [-0.1, -0.05) is 25.3 Å². The van der Waals surface area contributed by atoms with Crippen LogP contribution in [0, 0.1) is 5.92 Å². The average molecular weight is 247 g/mol. The van der Waals surface area contributed by atoms with Gasteiger partial charge in [-0.05, 0) is 31.9 Å². The summed E-state index contributed by atoms with van der Waals surface area (Å²) in [6, 6.07) is 4.18. The van der Waals surface area contributed by atoms with Crippen LogP contribution in [0.3, 0.4) is 0 Å². The van der Waals surface area contributed by atoms with Crippen molar-refractivity contribution in [1.29, 1.82) is 0 Å². The number of hydrogen-bond donors (Lipinski definition) is 1. The number of nitrogens with zero attached hydrogens (tertiary/aromatic N) is 2. The van der Waals surface area contributed by atoms with Crippen molar-refractivity contribution in [3.63, 3.8) is 0 Å². The highest BCUT2D eigenvalue weighted by Gasteiger charge is 2.17. The summed E-state index contributed by atoms with van der Waals surface area (Å²) in [4.78, 5) is 6.88. The lowest BCUT2D eigenvalue weighted by Gasteiger charge is -2.28. The van der Waals surface area contributed by atoms with Crippen molar-refractivity contribution in [3.8, 4) is 0 Å². The van der Waals surface area contributed by atoms with E-state index in [1.807, 2.05) is 19.3 Å². The smallest absolute Gasteiger partial charge is 0.132 e. The van der Waals surface area contributed by atoms with Gasteiger partial charge in [-0.2, -0.15) is 0 Å². The Morgan fingerprint density at radius 3 is 2.83 bits per heavy atom. The molecule has 3 nitrogen and oxygen atoms in total. The summed E-state index contributed by atoms with van der Waals surface area (Å²) >= 11 is 0. The van der Waals surface area contributed by atoms with Crippen LogP contribution in [0.1, 0.15) is 37.7 Å². The molecule has 0 amide bonds. The van der Waals surface area contributed by atoms with Crippen LogP contribution in [0.2, 0.25) is 0 Å². The zero-order chi connectivity index (χ0) is 12.8. The average Bonchev–Trinajstić information content (AvgIpc) is 2.41. The lowest BCUT2D eigenvalue weighted by atomic mass is 9.89. The molecule has 100 valence electrons. The Bertz CT molecular complexity index is 359. The van der Waals surface area contributed by atoms with Crippen LogP contribution in [0.5, 0.6) is 0 Å². The Kier molecular flexibility index (Phi) is 5.00. The molecule has 0 aliphatic heterocycles. The highest BCUT2D eigenvalue weighted by molar-refractivity contribution is 5.45. The lowest BCUT2D eigenvalue weighted by molar-refractivity contribution is 0.361. The predicted octanol–water partition coefficient (Wildman–Crippen LogP) is 2.82. The minimum atomic E-state index is 0.855. The molecule has 0 spiro atoms. The third-order valence-corrected chi connectivity index (χ3v) is 3.85. The number of anilines is 1. The molecule has 1 N–H and O–H groups in total. The van der Waals surface area contributed by atoms with Gasteiger partial charge in [-0.3, -0.25) is 0 Å². The predicted molar refractivity (Wildman–Crippen MR) is 76.8 cm³/mol. The second-order valence-electron chi connectivity index (χ2n) is 5.40.